The largest absolute Gasteiger partial charge is 0.352 e. The van der Waals surface area contributed by atoms with E-state index in [4.69, 9.17) is 5.26 Å². The fourth-order valence-electron chi connectivity index (χ4n) is 0.979. The van der Waals surface area contributed by atoms with Gasteiger partial charge in [-0.25, -0.2) is 0 Å². The molecule has 0 radical (unpaired) electrons. The molecule has 12 heavy (non-hydrogen) atoms. The van der Waals surface area contributed by atoms with Crippen molar-refractivity contribution in [2.24, 2.45) is 5.41 Å². The van der Waals surface area contributed by atoms with Crippen molar-refractivity contribution in [2.75, 3.05) is 0 Å². The minimum absolute atomic E-state index is 0.0839. The summed E-state index contributed by atoms with van der Waals surface area (Å²) in [6.07, 6.45) is 2.37. The van der Waals surface area contributed by atoms with Crippen LogP contribution in [0.2, 0.25) is 0 Å². The summed E-state index contributed by atoms with van der Waals surface area (Å²) in [6, 6.07) is 2.25. The molecule has 0 aromatic carbocycles. The van der Waals surface area contributed by atoms with Gasteiger partial charge in [-0.05, 0) is 26.2 Å². The van der Waals surface area contributed by atoms with E-state index < -0.39 is 5.41 Å². The van der Waals surface area contributed by atoms with Crippen LogP contribution < -0.4 is 5.32 Å². The maximum absolute atomic E-state index is 11.4. The number of hydrogen-bond donors (Lipinski definition) is 1. The van der Waals surface area contributed by atoms with Crippen molar-refractivity contribution in [3.8, 4) is 6.07 Å². The van der Waals surface area contributed by atoms with E-state index in [-0.39, 0.29) is 11.9 Å². The van der Waals surface area contributed by atoms with E-state index >= 15 is 0 Å². The van der Waals surface area contributed by atoms with Crippen LogP contribution >= 0.6 is 0 Å². The van der Waals surface area contributed by atoms with E-state index in [1.165, 1.54) is 0 Å². The normalized spacial score (nSPS) is 20.8. The highest BCUT2D eigenvalue weighted by Gasteiger charge is 2.50. The molecule has 0 bridgehead atoms. The molecule has 0 aromatic heterocycles. The second kappa shape index (κ2) is 3.14. The number of nitriles is 1. The summed E-state index contributed by atoms with van der Waals surface area (Å²) in [4.78, 5) is 11.4. The lowest BCUT2D eigenvalue weighted by molar-refractivity contribution is -0.125. The molecule has 0 unspecified atom stereocenters. The molecular weight excluding hydrogens is 152 g/mol. The summed E-state index contributed by atoms with van der Waals surface area (Å²) in [6.45, 7) is 3.96. The van der Waals surface area contributed by atoms with Gasteiger partial charge in [0, 0.05) is 6.04 Å². The Bertz CT molecular complexity index is 225. The topological polar surface area (TPSA) is 52.9 Å². The molecule has 3 heteroatoms. The fraction of sp³-hybridized carbons (Fsp3) is 0.778. The van der Waals surface area contributed by atoms with Gasteiger partial charge >= 0.3 is 0 Å². The first kappa shape index (κ1) is 9.05. The highest BCUT2D eigenvalue weighted by atomic mass is 16.2. The quantitative estimate of drug-likeness (QED) is 0.685. The van der Waals surface area contributed by atoms with Gasteiger partial charge in [0.25, 0.3) is 0 Å². The number of nitrogens with one attached hydrogen (secondary N) is 1. The molecule has 1 fully saturated rings. The van der Waals surface area contributed by atoms with Crippen molar-refractivity contribution in [3.05, 3.63) is 0 Å². The predicted molar refractivity (Wildman–Crippen MR) is 45.2 cm³/mol. The first-order valence-corrected chi connectivity index (χ1v) is 4.37. The summed E-state index contributed by atoms with van der Waals surface area (Å²) in [5, 5.41) is 11.5. The van der Waals surface area contributed by atoms with Gasteiger partial charge in [0.2, 0.25) is 5.91 Å². The molecule has 1 aliphatic rings. The maximum Gasteiger partial charge on any atom is 0.240 e. The summed E-state index contributed by atoms with van der Waals surface area (Å²) in [7, 11) is 0. The van der Waals surface area contributed by atoms with Gasteiger partial charge in [0.1, 0.15) is 5.41 Å². The molecule has 1 N–H and O–H groups in total. The van der Waals surface area contributed by atoms with E-state index in [9.17, 15) is 4.79 Å². The molecule has 3 nitrogen and oxygen atoms in total. The minimum Gasteiger partial charge on any atom is -0.352 e. The predicted octanol–water partition coefficient (Wildman–Crippen LogP) is 1.20. The Balaban J connectivity index is 2.45. The Kier molecular flexibility index (Phi) is 2.37. The van der Waals surface area contributed by atoms with E-state index in [2.05, 4.69) is 11.4 Å². The lowest BCUT2D eigenvalue weighted by Crippen LogP contribution is -2.37. The van der Waals surface area contributed by atoms with Gasteiger partial charge in [-0.3, -0.25) is 4.79 Å². The highest BCUT2D eigenvalue weighted by Crippen LogP contribution is 2.45. The van der Waals surface area contributed by atoms with Crippen molar-refractivity contribution in [1.29, 1.82) is 5.26 Å². The molecule has 0 aliphatic heterocycles. The number of rotatable bonds is 3. The van der Waals surface area contributed by atoms with Gasteiger partial charge in [-0.15, -0.1) is 0 Å². The van der Waals surface area contributed by atoms with Crippen molar-refractivity contribution in [3.63, 3.8) is 0 Å². The molecule has 1 amide bonds. The van der Waals surface area contributed by atoms with Crippen molar-refractivity contribution >= 4 is 5.91 Å². The third-order valence-corrected chi connectivity index (χ3v) is 2.39. The summed E-state index contributed by atoms with van der Waals surface area (Å²) < 4.78 is 0. The van der Waals surface area contributed by atoms with Crippen molar-refractivity contribution in [2.45, 2.75) is 39.2 Å². The van der Waals surface area contributed by atoms with E-state index in [0.717, 1.165) is 19.3 Å². The smallest absolute Gasteiger partial charge is 0.240 e. The molecule has 0 heterocycles. The molecular formula is C9H14N2O. The first-order chi connectivity index (χ1) is 5.64. The Morgan fingerprint density at radius 3 is 2.67 bits per heavy atom. The van der Waals surface area contributed by atoms with Gasteiger partial charge in [0.05, 0.1) is 6.07 Å². The summed E-state index contributed by atoms with van der Waals surface area (Å²) >= 11 is 0. The third kappa shape index (κ3) is 1.58. The van der Waals surface area contributed by atoms with Crippen LogP contribution in [0.4, 0.5) is 0 Å². The Labute approximate surface area is 72.8 Å². The Morgan fingerprint density at radius 2 is 2.33 bits per heavy atom. The zero-order valence-corrected chi connectivity index (χ0v) is 7.55. The number of carbonyl (C=O) groups excluding carboxylic acids is 1. The molecule has 1 aliphatic carbocycles. The number of nitrogens with zero attached hydrogens (tertiary/aromatic N) is 1. The molecule has 0 spiro atoms. The van der Waals surface area contributed by atoms with Crippen LogP contribution in [-0.4, -0.2) is 11.9 Å². The average molecular weight is 166 g/mol. The van der Waals surface area contributed by atoms with Crippen molar-refractivity contribution in [1.82, 2.24) is 5.32 Å². The second-order valence-corrected chi connectivity index (χ2v) is 3.48. The van der Waals surface area contributed by atoms with E-state index in [1.807, 2.05) is 13.8 Å². The molecule has 1 rings (SSSR count). The second-order valence-electron chi connectivity index (χ2n) is 3.48. The molecule has 0 aromatic rings. The minimum atomic E-state index is -0.663. The van der Waals surface area contributed by atoms with Crippen LogP contribution in [-0.2, 0) is 4.79 Å². The van der Waals surface area contributed by atoms with Crippen molar-refractivity contribution < 1.29 is 4.79 Å². The SMILES string of the molecule is CC[C@H](C)NC(=O)C1(C#N)CC1. The molecule has 1 saturated carbocycles. The van der Waals surface area contributed by atoms with E-state index in [1.54, 1.807) is 0 Å². The fourth-order valence-corrected chi connectivity index (χ4v) is 0.979. The summed E-state index contributed by atoms with van der Waals surface area (Å²) in [5.74, 6) is -0.0839. The van der Waals surface area contributed by atoms with Gasteiger partial charge in [0.15, 0.2) is 0 Å². The molecule has 0 saturated heterocycles. The van der Waals surface area contributed by atoms with Gasteiger partial charge < -0.3 is 5.32 Å². The Morgan fingerprint density at radius 1 is 1.75 bits per heavy atom. The number of carbonyl (C=O) groups is 1. The number of amides is 1. The Hall–Kier alpha value is -1.04. The van der Waals surface area contributed by atoms with Crippen LogP contribution in [0.3, 0.4) is 0 Å². The van der Waals surface area contributed by atoms with Crippen LogP contribution in [0, 0.1) is 16.7 Å². The highest BCUT2D eigenvalue weighted by molar-refractivity contribution is 5.88. The van der Waals surface area contributed by atoms with Crippen LogP contribution in [0.5, 0.6) is 0 Å². The standard InChI is InChI=1S/C9H14N2O/c1-3-7(2)11-8(12)9(6-10)4-5-9/h7H,3-5H2,1-2H3,(H,11,12)/t7-/m0/s1. The lowest BCUT2D eigenvalue weighted by atomic mass is 10.1. The molecule has 66 valence electrons. The average Bonchev–Trinajstić information content (AvgIpc) is 2.84. The maximum atomic E-state index is 11.4. The van der Waals surface area contributed by atoms with Gasteiger partial charge in [-0.2, -0.15) is 5.26 Å². The summed E-state index contributed by atoms with van der Waals surface area (Å²) in [5.41, 5.74) is -0.663. The molecule has 1 atom stereocenters. The monoisotopic (exact) mass is 166 g/mol. The lowest BCUT2D eigenvalue weighted by Gasteiger charge is -2.13. The zero-order valence-electron chi connectivity index (χ0n) is 7.55. The first-order valence-electron chi connectivity index (χ1n) is 4.37. The van der Waals surface area contributed by atoms with Crippen LogP contribution in [0.15, 0.2) is 0 Å². The van der Waals surface area contributed by atoms with Crippen LogP contribution in [0.1, 0.15) is 33.1 Å². The van der Waals surface area contributed by atoms with Gasteiger partial charge in [-0.1, -0.05) is 6.92 Å². The van der Waals surface area contributed by atoms with E-state index in [0.29, 0.717) is 0 Å². The van der Waals surface area contributed by atoms with Crippen LogP contribution in [0.25, 0.3) is 0 Å². The number of hydrogen-bond acceptors (Lipinski definition) is 2. The zero-order chi connectivity index (χ0) is 9.19. The third-order valence-electron chi connectivity index (χ3n) is 2.39.